The van der Waals surface area contributed by atoms with E-state index in [9.17, 15) is 13.2 Å². The maximum Gasteiger partial charge on any atom is 0.270 e. The Morgan fingerprint density at radius 1 is 1.23 bits per heavy atom. The molecule has 1 aromatic carbocycles. The van der Waals surface area contributed by atoms with E-state index in [4.69, 9.17) is 0 Å². The zero-order valence-corrected chi connectivity index (χ0v) is 16.4. The molecule has 0 radical (unpaired) electrons. The van der Waals surface area contributed by atoms with E-state index in [0.717, 1.165) is 29.7 Å². The van der Waals surface area contributed by atoms with Crippen molar-refractivity contribution >= 4 is 32.4 Å². The fourth-order valence-electron chi connectivity index (χ4n) is 3.11. The number of rotatable bonds is 6. The summed E-state index contributed by atoms with van der Waals surface area (Å²) in [7, 11) is -3.81. The molecule has 2 N–H and O–H groups in total. The summed E-state index contributed by atoms with van der Waals surface area (Å²) in [5.74, 6) is -0.321. The highest BCUT2D eigenvalue weighted by molar-refractivity contribution is 7.91. The van der Waals surface area contributed by atoms with Crippen molar-refractivity contribution in [1.29, 1.82) is 0 Å². The number of aryl methyl sites for hydroxylation is 2. The van der Waals surface area contributed by atoms with Gasteiger partial charge in [0.2, 0.25) is 15.4 Å². The lowest BCUT2D eigenvalue weighted by Crippen LogP contribution is -2.28. The van der Waals surface area contributed by atoms with Crippen molar-refractivity contribution in [1.82, 2.24) is 14.9 Å². The van der Waals surface area contributed by atoms with Crippen LogP contribution < -0.4 is 10.0 Å². The lowest BCUT2D eigenvalue weighted by atomic mass is 9.89. The van der Waals surface area contributed by atoms with Gasteiger partial charge in [0.15, 0.2) is 0 Å². The third-order valence-electron chi connectivity index (χ3n) is 4.40. The predicted octanol–water partition coefficient (Wildman–Crippen LogP) is 2.80. The molecule has 0 spiro atoms. The topological polar surface area (TPSA) is 101 Å². The maximum atomic E-state index is 12.6. The summed E-state index contributed by atoms with van der Waals surface area (Å²) in [4.78, 5) is 11.1. The van der Waals surface area contributed by atoms with Crippen LogP contribution in [-0.4, -0.2) is 24.5 Å². The SMILES string of the molecule is CC[C@H](NS(=O)(=O)c1nnc(NC(C)=O)s1)c1ccc2c(c1)CCCC2. The third-order valence-corrected chi connectivity index (χ3v) is 7.08. The maximum absolute atomic E-state index is 12.6. The summed E-state index contributed by atoms with van der Waals surface area (Å²) in [5, 5.41) is 10.0. The standard InChI is InChI=1S/C17H22N4O3S2/c1-3-15(14-9-8-12-6-4-5-7-13(12)10-14)21-26(23,24)17-20-19-16(25-17)18-11(2)22/h8-10,15,21H,3-7H2,1-2H3,(H,18,19,22)/t15-/m0/s1. The summed E-state index contributed by atoms with van der Waals surface area (Å²) >= 11 is 0.834. The second kappa shape index (κ2) is 7.81. The number of carbonyl (C=O) groups is 1. The Balaban J connectivity index is 1.80. The van der Waals surface area contributed by atoms with Crippen LogP contribution in [0.1, 0.15) is 55.8 Å². The van der Waals surface area contributed by atoms with Crippen LogP contribution in [0.2, 0.25) is 0 Å². The van der Waals surface area contributed by atoms with Gasteiger partial charge in [-0.25, -0.2) is 13.1 Å². The molecule has 0 saturated carbocycles. The average Bonchev–Trinajstić information content (AvgIpc) is 3.08. The van der Waals surface area contributed by atoms with Crippen LogP contribution in [0.4, 0.5) is 5.13 Å². The second-order valence-electron chi connectivity index (χ2n) is 6.37. The summed E-state index contributed by atoms with van der Waals surface area (Å²) in [6.45, 7) is 3.27. The Morgan fingerprint density at radius 3 is 2.65 bits per heavy atom. The molecule has 1 aliphatic carbocycles. The van der Waals surface area contributed by atoms with Crippen LogP contribution in [0.15, 0.2) is 22.5 Å². The van der Waals surface area contributed by atoms with Gasteiger partial charge < -0.3 is 5.32 Å². The number of amides is 1. The Hall–Kier alpha value is -1.84. The number of hydrogen-bond acceptors (Lipinski definition) is 6. The zero-order valence-electron chi connectivity index (χ0n) is 14.8. The van der Waals surface area contributed by atoms with Gasteiger partial charge in [-0.2, -0.15) is 0 Å². The molecule has 0 unspecified atom stereocenters. The highest BCUT2D eigenvalue weighted by Gasteiger charge is 2.25. The van der Waals surface area contributed by atoms with Crippen molar-refractivity contribution in [3.63, 3.8) is 0 Å². The van der Waals surface area contributed by atoms with Gasteiger partial charge in [0, 0.05) is 13.0 Å². The molecule has 3 rings (SSSR count). The van der Waals surface area contributed by atoms with Crippen molar-refractivity contribution in [3.05, 3.63) is 34.9 Å². The van der Waals surface area contributed by atoms with E-state index in [0.29, 0.717) is 6.42 Å². The fraction of sp³-hybridized carbons (Fsp3) is 0.471. The quantitative estimate of drug-likeness (QED) is 0.734. The monoisotopic (exact) mass is 394 g/mol. The van der Waals surface area contributed by atoms with Crippen molar-refractivity contribution in [2.24, 2.45) is 0 Å². The smallest absolute Gasteiger partial charge is 0.270 e. The molecule has 1 aromatic heterocycles. The van der Waals surface area contributed by atoms with Gasteiger partial charge in [0.25, 0.3) is 10.0 Å². The molecule has 1 heterocycles. The van der Waals surface area contributed by atoms with E-state index >= 15 is 0 Å². The fourth-order valence-corrected chi connectivity index (χ4v) is 5.38. The molecule has 140 valence electrons. The third kappa shape index (κ3) is 4.28. The van der Waals surface area contributed by atoms with Gasteiger partial charge in [-0.15, -0.1) is 10.2 Å². The first-order valence-electron chi connectivity index (χ1n) is 8.64. The van der Waals surface area contributed by atoms with E-state index in [2.05, 4.69) is 32.4 Å². The number of hydrogen-bond donors (Lipinski definition) is 2. The molecule has 0 aliphatic heterocycles. The number of nitrogens with one attached hydrogen (secondary N) is 2. The average molecular weight is 395 g/mol. The van der Waals surface area contributed by atoms with Gasteiger partial charge in [0.1, 0.15) is 0 Å². The Labute approximate surface area is 157 Å². The van der Waals surface area contributed by atoms with Crippen LogP contribution in [0, 0.1) is 0 Å². The molecule has 7 nitrogen and oxygen atoms in total. The summed E-state index contributed by atoms with van der Waals surface area (Å²) in [6.07, 6.45) is 5.15. The largest absolute Gasteiger partial charge is 0.301 e. The lowest BCUT2D eigenvalue weighted by molar-refractivity contribution is -0.114. The molecule has 26 heavy (non-hydrogen) atoms. The van der Waals surface area contributed by atoms with Crippen molar-refractivity contribution in [3.8, 4) is 0 Å². The number of nitrogens with zero attached hydrogens (tertiary/aromatic N) is 2. The first-order chi connectivity index (χ1) is 12.4. The number of carbonyl (C=O) groups excluding carboxylic acids is 1. The number of benzene rings is 1. The Bertz CT molecular complexity index is 908. The molecule has 0 bridgehead atoms. The molecule has 2 aromatic rings. The molecule has 9 heteroatoms. The summed E-state index contributed by atoms with van der Waals surface area (Å²) in [6, 6.07) is 5.90. The van der Waals surface area contributed by atoms with E-state index in [1.54, 1.807) is 0 Å². The number of anilines is 1. The first-order valence-corrected chi connectivity index (χ1v) is 10.9. The van der Waals surface area contributed by atoms with Gasteiger partial charge in [-0.1, -0.05) is 36.5 Å². The Morgan fingerprint density at radius 2 is 1.96 bits per heavy atom. The van der Waals surface area contributed by atoms with Crippen molar-refractivity contribution in [2.45, 2.75) is 56.3 Å². The highest BCUT2D eigenvalue weighted by atomic mass is 32.2. The minimum absolute atomic E-state index is 0.155. The molecular weight excluding hydrogens is 372 g/mol. The number of aromatic nitrogens is 2. The van der Waals surface area contributed by atoms with Crippen LogP contribution >= 0.6 is 11.3 Å². The van der Waals surface area contributed by atoms with Gasteiger partial charge in [-0.05, 0) is 48.8 Å². The van der Waals surface area contributed by atoms with Crippen LogP contribution in [0.3, 0.4) is 0 Å². The van der Waals surface area contributed by atoms with E-state index in [1.807, 2.05) is 13.0 Å². The van der Waals surface area contributed by atoms with E-state index in [-0.39, 0.29) is 21.4 Å². The van der Waals surface area contributed by atoms with Crippen LogP contribution in [0.25, 0.3) is 0 Å². The minimum Gasteiger partial charge on any atom is -0.301 e. The lowest BCUT2D eigenvalue weighted by Gasteiger charge is -2.21. The van der Waals surface area contributed by atoms with Gasteiger partial charge in [-0.3, -0.25) is 4.79 Å². The van der Waals surface area contributed by atoms with Crippen LogP contribution in [-0.2, 0) is 27.7 Å². The molecule has 0 saturated heterocycles. The molecular formula is C17H22N4O3S2. The molecule has 1 atom stereocenters. The molecule has 1 amide bonds. The zero-order chi connectivity index (χ0) is 18.7. The molecule has 0 fully saturated rings. The van der Waals surface area contributed by atoms with E-state index in [1.165, 1.54) is 30.9 Å². The first kappa shape index (κ1) is 18.9. The van der Waals surface area contributed by atoms with Gasteiger partial charge >= 0.3 is 0 Å². The van der Waals surface area contributed by atoms with Gasteiger partial charge in [0.05, 0.1) is 0 Å². The van der Waals surface area contributed by atoms with E-state index < -0.39 is 10.0 Å². The van der Waals surface area contributed by atoms with Crippen molar-refractivity contribution < 1.29 is 13.2 Å². The highest BCUT2D eigenvalue weighted by Crippen LogP contribution is 2.28. The normalized spacial score (nSPS) is 15.3. The number of fused-ring (bicyclic) bond motifs is 1. The second-order valence-corrected chi connectivity index (χ2v) is 9.24. The van der Waals surface area contributed by atoms with Crippen LogP contribution in [0.5, 0.6) is 0 Å². The number of sulfonamides is 1. The summed E-state index contributed by atoms with van der Waals surface area (Å²) in [5.41, 5.74) is 3.64. The van der Waals surface area contributed by atoms with Crippen molar-refractivity contribution in [2.75, 3.05) is 5.32 Å². The Kier molecular flexibility index (Phi) is 5.69. The minimum atomic E-state index is -3.81. The predicted molar refractivity (Wildman–Crippen MR) is 101 cm³/mol. The summed E-state index contributed by atoms with van der Waals surface area (Å²) < 4.78 is 27.9. The molecule has 1 aliphatic rings.